The maximum atomic E-state index is 6.56. The molecule has 2 aliphatic rings. The molecule has 62 heavy (non-hydrogen) atoms. The van der Waals surface area contributed by atoms with Gasteiger partial charge in [-0.05, 0) is 159 Å². The molecule has 0 atom stereocenters. The first-order valence-corrected chi connectivity index (χ1v) is 25.1. The highest BCUT2D eigenvalue weighted by atomic mass is 16.7. The summed E-state index contributed by atoms with van der Waals surface area (Å²) < 4.78 is 26.3. The highest BCUT2D eigenvalue weighted by Crippen LogP contribution is 2.39. The Kier molecular flexibility index (Phi) is 17.2. The fourth-order valence-corrected chi connectivity index (χ4v) is 9.58. The van der Waals surface area contributed by atoms with Crippen LogP contribution in [0.25, 0.3) is 21.5 Å². The molecule has 0 saturated carbocycles. The van der Waals surface area contributed by atoms with Gasteiger partial charge in [-0.15, -0.1) is 0 Å². The maximum absolute atomic E-state index is 6.56. The fraction of sp³-hybridized carbons (Fsp3) is 0.643. The zero-order valence-electron chi connectivity index (χ0n) is 42.4. The van der Waals surface area contributed by atoms with E-state index >= 15 is 0 Å². The average molecular weight is 845 g/mol. The molecule has 6 heteroatoms. The molecule has 0 aromatic heterocycles. The SMILES string of the molecule is CCC(CC)Cc1cc(B2OC(C)(C)C(C)(C)O2)cc2c(CC(CC)CC)cc(B3OC(C)(C)C(C)(C)O3)cc12.CCC(CC)Cc1cccc2c(CC(CC)CC)cccc12. The minimum Gasteiger partial charge on any atom is -0.399 e. The smallest absolute Gasteiger partial charge is 0.399 e. The van der Waals surface area contributed by atoms with Crippen LogP contribution >= 0.6 is 0 Å². The zero-order valence-corrected chi connectivity index (χ0v) is 42.4. The summed E-state index contributed by atoms with van der Waals surface area (Å²) in [5, 5.41) is 5.61. The van der Waals surface area contributed by atoms with Crippen molar-refractivity contribution in [2.24, 2.45) is 23.7 Å². The lowest BCUT2D eigenvalue weighted by Crippen LogP contribution is -2.41. The van der Waals surface area contributed by atoms with Crippen LogP contribution in [0.5, 0.6) is 0 Å². The molecule has 6 rings (SSSR count). The van der Waals surface area contributed by atoms with Crippen LogP contribution in [0.3, 0.4) is 0 Å². The van der Waals surface area contributed by atoms with Crippen molar-refractivity contribution >= 4 is 46.7 Å². The van der Waals surface area contributed by atoms with E-state index in [1.165, 1.54) is 82.3 Å². The number of rotatable bonds is 18. The first-order chi connectivity index (χ1) is 29.3. The molecule has 0 aliphatic carbocycles. The second-order valence-electron chi connectivity index (χ2n) is 21.1. The fourth-order valence-electron chi connectivity index (χ4n) is 9.58. The van der Waals surface area contributed by atoms with Crippen LogP contribution in [0, 0.1) is 23.7 Å². The third kappa shape index (κ3) is 11.2. The minimum absolute atomic E-state index is 0.374. The van der Waals surface area contributed by atoms with Crippen LogP contribution in [-0.4, -0.2) is 36.6 Å². The summed E-state index contributed by atoms with van der Waals surface area (Å²) in [7, 11) is -0.753. The van der Waals surface area contributed by atoms with Crippen molar-refractivity contribution in [1.82, 2.24) is 0 Å². The van der Waals surface area contributed by atoms with Gasteiger partial charge in [0, 0.05) is 0 Å². The molecular formula is C56H86B2O4. The van der Waals surface area contributed by atoms with E-state index < -0.39 is 0 Å². The molecule has 340 valence electrons. The first-order valence-electron chi connectivity index (χ1n) is 25.1. The number of fused-ring (bicyclic) bond motifs is 2. The van der Waals surface area contributed by atoms with Gasteiger partial charge in [0.05, 0.1) is 22.4 Å². The van der Waals surface area contributed by atoms with Gasteiger partial charge in [0.25, 0.3) is 0 Å². The lowest BCUT2D eigenvalue weighted by Gasteiger charge is -2.32. The van der Waals surface area contributed by atoms with E-state index in [1.54, 1.807) is 0 Å². The Morgan fingerprint density at radius 2 is 0.613 bits per heavy atom. The second-order valence-corrected chi connectivity index (χ2v) is 21.1. The van der Waals surface area contributed by atoms with Gasteiger partial charge in [-0.3, -0.25) is 0 Å². The highest BCUT2D eigenvalue weighted by Gasteiger charge is 2.53. The molecular weight excluding hydrogens is 758 g/mol. The Hall–Kier alpha value is -2.63. The molecule has 0 bridgehead atoms. The van der Waals surface area contributed by atoms with E-state index in [0.29, 0.717) is 11.8 Å². The van der Waals surface area contributed by atoms with Crippen LogP contribution < -0.4 is 10.9 Å². The predicted octanol–water partition coefficient (Wildman–Crippen LogP) is 14.2. The Morgan fingerprint density at radius 1 is 0.355 bits per heavy atom. The molecule has 0 N–H and O–H groups in total. The summed E-state index contributed by atoms with van der Waals surface area (Å²) in [5.74, 6) is 2.88. The van der Waals surface area contributed by atoms with Gasteiger partial charge in [-0.1, -0.05) is 167 Å². The predicted molar refractivity (Wildman–Crippen MR) is 270 cm³/mol. The van der Waals surface area contributed by atoms with Crippen LogP contribution in [0.15, 0.2) is 60.7 Å². The van der Waals surface area contributed by atoms with E-state index in [1.807, 2.05) is 0 Å². The summed E-state index contributed by atoms with van der Waals surface area (Å²) in [4.78, 5) is 0. The quantitative estimate of drug-likeness (QED) is 0.0935. The van der Waals surface area contributed by atoms with Crippen molar-refractivity contribution < 1.29 is 18.6 Å². The third-order valence-corrected chi connectivity index (χ3v) is 16.1. The van der Waals surface area contributed by atoms with Gasteiger partial charge in [0.15, 0.2) is 0 Å². The normalized spacial score (nSPS) is 17.9. The molecule has 4 aromatic carbocycles. The van der Waals surface area contributed by atoms with Gasteiger partial charge in [-0.2, -0.15) is 0 Å². The van der Waals surface area contributed by atoms with E-state index in [-0.39, 0.29) is 36.6 Å². The molecule has 0 radical (unpaired) electrons. The summed E-state index contributed by atoms with van der Waals surface area (Å²) in [6.07, 6.45) is 14.3. The Balaban J connectivity index is 0.000000278. The monoisotopic (exact) mass is 845 g/mol. The van der Waals surface area contributed by atoms with E-state index in [2.05, 4.69) is 171 Å². The van der Waals surface area contributed by atoms with Crippen molar-refractivity contribution in [2.75, 3.05) is 0 Å². The molecule has 2 saturated heterocycles. The topological polar surface area (TPSA) is 36.9 Å². The van der Waals surface area contributed by atoms with Gasteiger partial charge < -0.3 is 18.6 Å². The van der Waals surface area contributed by atoms with Crippen LogP contribution in [0.1, 0.15) is 184 Å². The lowest BCUT2D eigenvalue weighted by molar-refractivity contribution is 0.00578. The van der Waals surface area contributed by atoms with Crippen LogP contribution in [0.2, 0.25) is 0 Å². The maximum Gasteiger partial charge on any atom is 0.494 e. The van der Waals surface area contributed by atoms with E-state index in [0.717, 1.165) is 61.3 Å². The standard InChI is InChI=1S/C34H54B2O4.C22H32/c1-13-23(14-2)17-25-19-27(35-37-31(5,6)32(7,8)38-35)22-30-26(18-24(15-3)16-4)20-28(21-29(25)30)36-39-33(9,10)34(11,12)40-36;1-5-17(6-2)15-19-11-9-14-22-20(12-10-13-21(19)22)16-18(7-3)8-4/h19-24H,13-18H2,1-12H3;9-14,17-18H,5-8,15-16H2,1-4H3. The second kappa shape index (κ2) is 21.1. The average Bonchev–Trinajstić information content (AvgIpc) is 3.61. The van der Waals surface area contributed by atoms with E-state index in [9.17, 15) is 0 Å². The third-order valence-electron chi connectivity index (χ3n) is 16.1. The Labute approximate surface area is 380 Å². The van der Waals surface area contributed by atoms with Gasteiger partial charge >= 0.3 is 14.2 Å². The molecule has 4 nitrogen and oxygen atoms in total. The Bertz CT molecular complexity index is 1870. The van der Waals surface area contributed by atoms with Crippen molar-refractivity contribution in [3.8, 4) is 0 Å². The van der Waals surface area contributed by atoms with Gasteiger partial charge in [0.2, 0.25) is 0 Å². The molecule has 0 unspecified atom stereocenters. The van der Waals surface area contributed by atoms with Crippen molar-refractivity contribution in [3.63, 3.8) is 0 Å². The van der Waals surface area contributed by atoms with Crippen molar-refractivity contribution in [1.29, 1.82) is 0 Å². The first kappa shape index (κ1) is 50.4. The number of hydrogen-bond donors (Lipinski definition) is 0. The summed E-state index contributed by atoms with van der Waals surface area (Å²) in [6, 6.07) is 23.2. The van der Waals surface area contributed by atoms with E-state index in [4.69, 9.17) is 18.6 Å². The lowest BCUT2D eigenvalue weighted by atomic mass is 9.72. The largest absolute Gasteiger partial charge is 0.494 e. The van der Waals surface area contributed by atoms with Crippen molar-refractivity contribution in [2.45, 2.75) is 210 Å². The Morgan fingerprint density at radius 3 is 0.871 bits per heavy atom. The number of hydrogen-bond acceptors (Lipinski definition) is 4. The van der Waals surface area contributed by atoms with Crippen LogP contribution in [0.4, 0.5) is 0 Å². The molecule has 0 amide bonds. The summed E-state index contributed by atoms with van der Waals surface area (Å²) in [5.41, 5.74) is 6.59. The zero-order chi connectivity index (χ0) is 45.6. The van der Waals surface area contributed by atoms with Crippen LogP contribution in [-0.2, 0) is 44.3 Å². The molecule has 2 fully saturated rings. The molecule has 4 aromatic rings. The summed E-state index contributed by atoms with van der Waals surface area (Å²) >= 11 is 0. The molecule has 0 spiro atoms. The molecule has 2 aliphatic heterocycles. The minimum atomic E-state index is -0.376. The van der Waals surface area contributed by atoms with Gasteiger partial charge in [0.1, 0.15) is 0 Å². The molecule has 2 heterocycles. The van der Waals surface area contributed by atoms with Gasteiger partial charge in [-0.25, -0.2) is 0 Å². The number of benzene rings is 4. The van der Waals surface area contributed by atoms with Crippen molar-refractivity contribution in [3.05, 3.63) is 82.9 Å². The highest BCUT2D eigenvalue weighted by molar-refractivity contribution is 6.63. The summed E-state index contributed by atoms with van der Waals surface area (Å²) in [6.45, 7) is 35.6.